The lowest BCUT2D eigenvalue weighted by atomic mass is 9.98. The Hall–Kier alpha value is -2.56. The fourth-order valence-corrected chi connectivity index (χ4v) is 2.88. The first-order valence-electron chi connectivity index (χ1n) is 8.10. The number of carbonyl (C=O) groups is 2. The van der Waals surface area contributed by atoms with Crippen molar-refractivity contribution >= 4 is 22.6 Å². The van der Waals surface area contributed by atoms with E-state index in [1.807, 2.05) is 43.3 Å². The number of esters is 1. The van der Waals surface area contributed by atoms with Gasteiger partial charge in [-0.15, -0.1) is 0 Å². The van der Waals surface area contributed by atoms with Crippen LogP contribution in [0.2, 0.25) is 0 Å². The molecule has 3 rings (SSSR count). The molecule has 0 bridgehead atoms. The van der Waals surface area contributed by atoms with E-state index in [0.717, 1.165) is 28.5 Å². The van der Waals surface area contributed by atoms with E-state index in [9.17, 15) is 9.59 Å². The molecule has 1 atom stereocenters. The number of benzene rings is 2. The van der Waals surface area contributed by atoms with Crippen LogP contribution in [0.3, 0.4) is 0 Å². The van der Waals surface area contributed by atoms with Crippen molar-refractivity contribution in [3.63, 3.8) is 0 Å². The Bertz CT molecular complexity index is 771. The predicted octanol–water partition coefficient (Wildman–Crippen LogP) is 3.08. The summed E-state index contributed by atoms with van der Waals surface area (Å²) in [7, 11) is 1.64. The van der Waals surface area contributed by atoms with Crippen molar-refractivity contribution in [2.45, 2.75) is 25.7 Å². The van der Waals surface area contributed by atoms with Gasteiger partial charge in [-0.25, -0.2) is 0 Å². The van der Waals surface area contributed by atoms with E-state index >= 15 is 0 Å². The molecule has 0 aromatic heterocycles. The van der Waals surface area contributed by atoms with Crippen LogP contribution in [0.5, 0.6) is 5.75 Å². The smallest absolute Gasteiger partial charge is 0.314 e. The molecular formula is C19H21NO4. The fourth-order valence-electron chi connectivity index (χ4n) is 2.88. The molecule has 0 saturated carbocycles. The van der Waals surface area contributed by atoms with Crippen molar-refractivity contribution in [1.29, 1.82) is 0 Å². The zero-order chi connectivity index (χ0) is 17.1. The predicted molar refractivity (Wildman–Crippen MR) is 90.8 cm³/mol. The van der Waals surface area contributed by atoms with Crippen molar-refractivity contribution in [3.8, 4) is 5.75 Å². The van der Waals surface area contributed by atoms with Gasteiger partial charge in [-0.05, 0) is 41.8 Å². The van der Waals surface area contributed by atoms with E-state index < -0.39 is 0 Å². The summed E-state index contributed by atoms with van der Waals surface area (Å²) in [5.41, 5.74) is 0.894. The molecule has 1 fully saturated rings. The molecule has 0 N–H and O–H groups in total. The highest BCUT2D eigenvalue weighted by atomic mass is 16.5. The maximum atomic E-state index is 12.3. The molecule has 5 heteroatoms. The van der Waals surface area contributed by atoms with Gasteiger partial charge in [0.05, 0.1) is 13.0 Å². The van der Waals surface area contributed by atoms with Crippen LogP contribution in [0.15, 0.2) is 36.4 Å². The Labute approximate surface area is 141 Å². The minimum absolute atomic E-state index is 0.0484. The van der Waals surface area contributed by atoms with Crippen LogP contribution in [-0.4, -0.2) is 37.2 Å². The number of carbonyl (C=O) groups excluding carboxylic acids is 2. The Balaban J connectivity index is 1.69. The van der Waals surface area contributed by atoms with E-state index in [1.54, 1.807) is 12.0 Å². The molecule has 1 amide bonds. The quantitative estimate of drug-likeness (QED) is 0.792. The largest absolute Gasteiger partial charge is 0.497 e. The number of rotatable bonds is 5. The van der Waals surface area contributed by atoms with Gasteiger partial charge in [-0.1, -0.05) is 24.3 Å². The van der Waals surface area contributed by atoms with Crippen LogP contribution in [0, 0.1) is 0 Å². The number of methoxy groups -OCH3 is 1. The minimum atomic E-state index is -0.380. The first kappa shape index (κ1) is 16.3. The van der Waals surface area contributed by atoms with Gasteiger partial charge in [0.1, 0.15) is 5.75 Å². The summed E-state index contributed by atoms with van der Waals surface area (Å²) in [5, 5.41) is 2.10. The van der Waals surface area contributed by atoms with Gasteiger partial charge in [0.2, 0.25) is 5.91 Å². The molecule has 1 unspecified atom stereocenters. The molecule has 1 aliphatic heterocycles. The average molecular weight is 327 g/mol. The highest BCUT2D eigenvalue weighted by molar-refractivity contribution is 5.87. The van der Waals surface area contributed by atoms with Crippen LogP contribution in [0.1, 0.15) is 31.2 Å². The summed E-state index contributed by atoms with van der Waals surface area (Å²) in [6, 6.07) is 11.7. The second-order valence-corrected chi connectivity index (χ2v) is 6.05. The molecule has 24 heavy (non-hydrogen) atoms. The van der Waals surface area contributed by atoms with E-state index in [2.05, 4.69) is 0 Å². The monoisotopic (exact) mass is 327 g/mol. The molecule has 0 aliphatic carbocycles. The van der Waals surface area contributed by atoms with Gasteiger partial charge in [0.15, 0.2) is 6.73 Å². The van der Waals surface area contributed by atoms with Gasteiger partial charge in [0, 0.05) is 13.0 Å². The zero-order valence-corrected chi connectivity index (χ0v) is 14.0. The number of likely N-dealkylation sites (tertiary alicyclic amines) is 1. The van der Waals surface area contributed by atoms with Crippen molar-refractivity contribution < 1.29 is 19.1 Å². The second kappa shape index (κ2) is 6.91. The lowest BCUT2D eigenvalue weighted by molar-refractivity contribution is -0.152. The summed E-state index contributed by atoms with van der Waals surface area (Å²) < 4.78 is 10.5. The highest BCUT2D eigenvalue weighted by Gasteiger charge is 2.23. The van der Waals surface area contributed by atoms with Crippen LogP contribution >= 0.6 is 0 Å². The van der Waals surface area contributed by atoms with Crippen LogP contribution in [0.4, 0.5) is 0 Å². The Morgan fingerprint density at radius 2 is 1.96 bits per heavy atom. The van der Waals surface area contributed by atoms with E-state index in [0.29, 0.717) is 13.0 Å². The summed E-state index contributed by atoms with van der Waals surface area (Å²) in [5.74, 6) is 0.157. The number of fused-ring (bicyclic) bond motifs is 1. The minimum Gasteiger partial charge on any atom is -0.497 e. The standard InChI is InChI=1S/C19H21NO4/c1-13(19(22)24-12-20-9-3-4-18(20)21)14-5-6-16-11-17(23-2)8-7-15(16)10-14/h5-8,10-11,13H,3-4,9,12H2,1-2H3. The second-order valence-electron chi connectivity index (χ2n) is 6.05. The third-order valence-corrected chi connectivity index (χ3v) is 4.46. The van der Waals surface area contributed by atoms with Gasteiger partial charge < -0.3 is 14.4 Å². The molecule has 1 saturated heterocycles. The maximum Gasteiger partial charge on any atom is 0.314 e. The van der Waals surface area contributed by atoms with E-state index in [4.69, 9.17) is 9.47 Å². The van der Waals surface area contributed by atoms with Gasteiger partial charge >= 0.3 is 5.97 Å². The SMILES string of the molecule is COc1ccc2cc(C(C)C(=O)OCN3CCCC3=O)ccc2c1. The first-order valence-corrected chi connectivity index (χ1v) is 8.10. The summed E-state index contributed by atoms with van der Waals surface area (Å²) in [6.07, 6.45) is 1.38. The summed E-state index contributed by atoms with van der Waals surface area (Å²) in [4.78, 5) is 25.4. The van der Waals surface area contributed by atoms with Gasteiger partial charge in [-0.3, -0.25) is 9.59 Å². The fraction of sp³-hybridized carbons (Fsp3) is 0.368. The van der Waals surface area contributed by atoms with E-state index in [-0.39, 0.29) is 24.5 Å². The lowest BCUT2D eigenvalue weighted by Crippen LogP contribution is -2.30. The normalized spacial score (nSPS) is 15.6. The topological polar surface area (TPSA) is 55.8 Å². The van der Waals surface area contributed by atoms with Gasteiger partial charge in [0.25, 0.3) is 0 Å². The molecule has 1 heterocycles. The third kappa shape index (κ3) is 3.35. The van der Waals surface area contributed by atoms with Crippen molar-refractivity contribution in [3.05, 3.63) is 42.0 Å². The Morgan fingerprint density at radius 1 is 1.21 bits per heavy atom. The maximum absolute atomic E-state index is 12.3. The Morgan fingerprint density at radius 3 is 2.67 bits per heavy atom. The van der Waals surface area contributed by atoms with Crippen LogP contribution < -0.4 is 4.74 Å². The average Bonchev–Trinajstić information content (AvgIpc) is 3.03. The van der Waals surface area contributed by atoms with Crippen molar-refractivity contribution in [1.82, 2.24) is 4.90 Å². The lowest BCUT2D eigenvalue weighted by Gasteiger charge is -2.18. The molecule has 126 valence electrons. The third-order valence-electron chi connectivity index (χ3n) is 4.46. The first-order chi connectivity index (χ1) is 11.6. The molecule has 5 nitrogen and oxygen atoms in total. The van der Waals surface area contributed by atoms with Crippen LogP contribution in [-0.2, 0) is 14.3 Å². The number of amides is 1. The number of hydrogen-bond donors (Lipinski definition) is 0. The number of ether oxygens (including phenoxy) is 2. The number of hydrogen-bond acceptors (Lipinski definition) is 4. The van der Waals surface area contributed by atoms with Crippen molar-refractivity contribution in [2.24, 2.45) is 0 Å². The zero-order valence-electron chi connectivity index (χ0n) is 14.0. The van der Waals surface area contributed by atoms with Gasteiger partial charge in [-0.2, -0.15) is 0 Å². The van der Waals surface area contributed by atoms with Crippen LogP contribution in [0.25, 0.3) is 10.8 Å². The van der Waals surface area contributed by atoms with Crippen molar-refractivity contribution in [2.75, 3.05) is 20.4 Å². The molecule has 0 radical (unpaired) electrons. The molecule has 2 aromatic rings. The number of nitrogens with zero attached hydrogens (tertiary/aromatic N) is 1. The molecule has 2 aromatic carbocycles. The van der Waals surface area contributed by atoms with E-state index in [1.165, 1.54) is 0 Å². The summed E-state index contributed by atoms with van der Waals surface area (Å²) in [6.45, 7) is 2.53. The highest BCUT2D eigenvalue weighted by Crippen LogP contribution is 2.26. The molecule has 0 spiro atoms. The molecule has 1 aliphatic rings. The Kier molecular flexibility index (Phi) is 4.69. The molecular weight excluding hydrogens is 306 g/mol. The summed E-state index contributed by atoms with van der Waals surface area (Å²) >= 11 is 0.